The molecule has 2 aromatic carbocycles. The molecule has 0 heterocycles. The molecular formula is C13H9Cl3O4S. The highest BCUT2D eigenvalue weighted by Gasteiger charge is 2.20. The van der Waals surface area contributed by atoms with E-state index in [0.29, 0.717) is 5.02 Å². The van der Waals surface area contributed by atoms with E-state index in [1.165, 1.54) is 43.5 Å². The second-order valence-corrected chi connectivity index (χ2v) is 6.71. The van der Waals surface area contributed by atoms with Crippen LogP contribution in [0.25, 0.3) is 0 Å². The highest BCUT2D eigenvalue weighted by atomic mass is 35.5. The van der Waals surface area contributed by atoms with Gasteiger partial charge in [0.15, 0.2) is 5.75 Å². The first-order valence-electron chi connectivity index (χ1n) is 5.56. The summed E-state index contributed by atoms with van der Waals surface area (Å²) in [4.78, 5) is -0.111. The van der Waals surface area contributed by atoms with Gasteiger partial charge in [0.25, 0.3) is 0 Å². The van der Waals surface area contributed by atoms with Gasteiger partial charge in [0.05, 0.1) is 17.2 Å². The van der Waals surface area contributed by atoms with Crippen molar-refractivity contribution in [3.8, 4) is 11.5 Å². The van der Waals surface area contributed by atoms with Crippen LogP contribution >= 0.6 is 34.8 Å². The molecule has 0 radical (unpaired) electrons. The van der Waals surface area contributed by atoms with Crippen LogP contribution in [0.5, 0.6) is 11.5 Å². The number of rotatable bonds is 4. The fourth-order valence-corrected chi connectivity index (χ4v) is 3.02. The van der Waals surface area contributed by atoms with E-state index in [-0.39, 0.29) is 26.4 Å². The third kappa shape index (κ3) is 3.74. The molecule has 8 heteroatoms. The van der Waals surface area contributed by atoms with Gasteiger partial charge < -0.3 is 8.92 Å². The van der Waals surface area contributed by atoms with Crippen LogP contribution in [0.2, 0.25) is 15.1 Å². The second-order valence-electron chi connectivity index (χ2n) is 3.91. The Morgan fingerprint density at radius 1 is 0.905 bits per heavy atom. The summed E-state index contributed by atoms with van der Waals surface area (Å²) in [5.74, 6) is 0.164. The zero-order valence-electron chi connectivity index (χ0n) is 10.6. The van der Waals surface area contributed by atoms with Crippen LogP contribution in [0.3, 0.4) is 0 Å². The number of halogens is 3. The molecule has 4 nitrogen and oxygen atoms in total. The van der Waals surface area contributed by atoms with Crippen LogP contribution in [0, 0.1) is 0 Å². The Morgan fingerprint density at radius 3 is 2.19 bits per heavy atom. The van der Waals surface area contributed by atoms with E-state index in [0.717, 1.165) is 0 Å². The van der Waals surface area contributed by atoms with Crippen LogP contribution in [0.15, 0.2) is 41.3 Å². The molecule has 0 fully saturated rings. The molecule has 21 heavy (non-hydrogen) atoms. The quantitative estimate of drug-likeness (QED) is 0.751. The number of methoxy groups -OCH3 is 1. The molecule has 0 atom stereocenters. The van der Waals surface area contributed by atoms with Crippen molar-refractivity contribution in [1.29, 1.82) is 0 Å². The molecule has 0 saturated heterocycles. The van der Waals surface area contributed by atoms with Crippen molar-refractivity contribution in [1.82, 2.24) is 0 Å². The van der Waals surface area contributed by atoms with E-state index in [1.807, 2.05) is 0 Å². The first-order chi connectivity index (χ1) is 9.83. The third-order valence-electron chi connectivity index (χ3n) is 2.50. The van der Waals surface area contributed by atoms with Gasteiger partial charge in [0, 0.05) is 17.2 Å². The predicted octanol–water partition coefficient (Wildman–Crippen LogP) is 4.42. The fourth-order valence-electron chi connectivity index (χ4n) is 1.50. The minimum Gasteiger partial charge on any atom is -0.495 e. The lowest BCUT2D eigenvalue weighted by molar-refractivity contribution is 0.413. The minimum absolute atomic E-state index is 0.0573. The summed E-state index contributed by atoms with van der Waals surface area (Å²) in [7, 11) is -2.70. The molecule has 0 saturated carbocycles. The summed E-state index contributed by atoms with van der Waals surface area (Å²) in [6, 6.07) is 8.24. The Balaban J connectivity index is 2.41. The van der Waals surface area contributed by atoms with Crippen molar-refractivity contribution < 1.29 is 17.3 Å². The van der Waals surface area contributed by atoms with Crippen molar-refractivity contribution in [2.45, 2.75) is 4.90 Å². The van der Waals surface area contributed by atoms with Crippen LogP contribution in [-0.2, 0) is 10.1 Å². The van der Waals surface area contributed by atoms with Gasteiger partial charge >= 0.3 is 10.1 Å². The standard InChI is InChI=1S/C13H9Cl3O4S/c1-19-12-7-9(3-5-10(12)15)21(17,18)20-13-6-8(14)2-4-11(13)16/h2-7H,1H3. The molecule has 0 N–H and O–H groups in total. The lowest BCUT2D eigenvalue weighted by atomic mass is 10.3. The highest BCUT2D eigenvalue weighted by molar-refractivity contribution is 7.87. The van der Waals surface area contributed by atoms with Gasteiger partial charge in [0.1, 0.15) is 10.6 Å². The van der Waals surface area contributed by atoms with E-state index in [1.54, 1.807) is 0 Å². The lowest BCUT2D eigenvalue weighted by Crippen LogP contribution is -2.10. The molecule has 112 valence electrons. The maximum Gasteiger partial charge on any atom is 0.339 e. The van der Waals surface area contributed by atoms with Crippen LogP contribution in [0.1, 0.15) is 0 Å². The summed E-state index contributed by atoms with van der Waals surface area (Å²) >= 11 is 17.5. The molecule has 2 aromatic rings. The predicted molar refractivity (Wildman–Crippen MR) is 82.3 cm³/mol. The zero-order valence-corrected chi connectivity index (χ0v) is 13.7. The van der Waals surface area contributed by atoms with Gasteiger partial charge in [-0.3, -0.25) is 0 Å². The van der Waals surface area contributed by atoms with Crippen LogP contribution < -0.4 is 8.92 Å². The van der Waals surface area contributed by atoms with E-state index in [4.69, 9.17) is 43.7 Å². The first-order valence-corrected chi connectivity index (χ1v) is 8.11. The molecule has 0 amide bonds. The Hall–Kier alpha value is -1.14. The maximum absolute atomic E-state index is 12.2. The van der Waals surface area contributed by atoms with Gasteiger partial charge in [-0.1, -0.05) is 34.8 Å². The molecule has 0 unspecified atom stereocenters. The highest BCUT2D eigenvalue weighted by Crippen LogP contribution is 2.32. The monoisotopic (exact) mass is 366 g/mol. The molecule has 0 aromatic heterocycles. The van der Waals surface area contributed by atoms with E-state index in [2.05, 4.69) is 0 Å². The van der Waals surface area contributed by atoms with Crippen molar-refractivity contribution in [2.24, 2.45) is 0 Å². The second kappa shape index (κ2) is 6.32. The number of ether oxygens (including phenoxy) is 1. The van der Waals surface area contributed by atoms with Crippen LogP contribution in [-0.4, -0.2) is 15.5 Å². The Bertz CT molecular complexity index is 775. The van der Waals surface area contributed by atoms with Gasteiger partial charge in [0.2, 0.25) is 0 Å². The van der Waals surface area contributed by atoms with Crippen LogP contribution in [0.4, 0.5) is 0 Å². The Kier molecular flexibility index (Phi) is 4.88. The number of hydrogen-bond acceptors (Lipinski definition) is 4. The van der Waals surface area contributed by atoms with Crippen molar-refractivity contribution in [3.63, 3.8) is 0 Å². The molecule has 0 aliphatic heterocycles. The van der Waals surface area contributed by atoms with Gasteiger partial charge in [-0.05, 0) is 24.3 Å². The molecule has 0 aliphatic carbocycles. The maximum atomic E-state index is 12.2. The Labute approximate surface area is 137 Å². The van der Waals surface area contributed by atoms with E-state index in [9.17, 15) is 8.42 Å². The fraction of sp³-hybridized carbons (Fsp3) is 0.0769. The lowest BCUT2D eigenvalue weighted by Gasteiger charge is -2.10. The van der Waals surface area contributed by atoms with Crippen molar-refractivity contribution >= 4 is 44.9 Å². The average Bonchev–Trinajstić information content (AvgIpc) is 2.43. The molecule has 0 bridgehead atoms. The van der Waals surface area contributed by atoms with Gasteiger partial charge in [-0.2, -0.15) is 8.42 Å². The average molecular weight is 368 g/mol. The molecule has 0 spiro atoms. The zero-order chi connectivity index (χ0) is 15.6. The summed E-state index contributed by atoms with van der Waals surface area (Å²) in [5.41, 5.74) is 0. The Morgan fingerprint density at radius 2 is 1.52 bits per heavy atom. The SMILES string of the molecule is COc1cc(S(=O)(=O)Oc2cc(Cl)ccc2Cl)ccc1Cl. The summed E-state index contributed by atoms with van der Waals surface area (Å²) in [5, 5.41) is 0.722. The largest absolute Gasteiger partial charge is 0.495 e. The van der Waals surface area contributed by atoms with E-state index < -0.39 is 10.1 Å². The van der Waals surface area contributed by atoms with Gasteiger partial charge in [-0.15, -0.1) is 0 Å². The minimum atomic E-state index is -4.08. The third-order valence-corrected chi connectivity index (χ3v) is 4.59. The van der Waals surface area contributed by atoms with Crippen molar-refractivity contribution in [2.75, 3.05) is 7.11 Å². The van der Waals surface area contributed by atoms with Gasteiger partial charge in [-0.25, -0.2) is 0 Å². The topological polar surface area (TPSA) is 52.6 Å². The normalized spacial score (nSPS) is 11.2. The summed E-state index contributed by atoms with van der Waals surface area (Å²) < 4.78 is 34.4. The smallest absolute Gasteiger partial charge is 0.339 e. The number of hydrogen-bond donors (Lipinski definition) is 0. The summed E-state index contributed by atoms with van der Waals surface area (Å²) in [6.07, 6.45) is 0. The molecular weight excluding hydrogens is 359 g/mol. The number of benzene rings is 2. The summed E-state index contributed by atoms with van der Waals surface area (Å²) in [6.45, 7) is 0. The first kappa shape index (κ1) is 16.2. The van der Waals surface area contributed by atoms with E-state index >= 15 is 0 Å². The van der Waals surface area contributed by atoms with Crippen molar-refractivity contribution in [3.05, 3.63) is 51.5 Å². The molecule has 2 rings (SSSR count). The molecule has 0 aliphatic rings.